The lowest BCUT2D eigenvalue weighted by Gasteiger charge is -2.17. The predicted octanol–water partition coefficient (Wildman–Crippen LogP) is 2.26. The minimum Gasteiger partial charge on any atom is -0.495 e. The number of hydrogen-bond acceptors (Lipinski definition) is 3. The first-order valence-electron chi connectivity index (χ1n) is 3.76. The van der Waals surface area contributed by atoms with Crippen LogP contribution < -0.4 is 4.74 Å². The van der Waals surface area contributed by atoms with Crippen LogP contribution in [0.3, 0.4) is 0 Å². The van der Waals surface area contributed by atoms with Crippen molar-refractivity contribution < 1.29 is 4.74 Å². The molecule has 0 aliphatic carbocycles. The second kappa shape index (κ2) is 3.35. The van der Waals surface area contributed by atoms with Crippen LogP contribution in [0.25, 0.3) is 0 Å². The Kier molecular flexibility index (Phi) is 2.62. The van der Waals surface area contributed by atoms with Gasteiger partial charge >= 0.3 is 0 Å². The first kappa shape index (κ1) is 9.39. The molecule has 2 nitrogen and oxygen atoms in total. The topological polar surface area (TPSA) is 22.1 Å². The van der Waals surface area contributed by atoms with Crippen LogP contribution >= 0.6 is 12.6 Å². The molecule has 0 saturated carbocycles. The van der Waals surface area contributed by atoms with Gasteiger partial charge in [-0.2, -0.15) is 12.6 Å². The monoisotopic (exact) mass is 183 g/mol. The molecule has 0 bridgehead atoms. The van der Waals surface area contributed by atoms with Crippen molar-refractivity contribution in [3.05, 3.63) is 24.0 Å². The molecule has 0 radical (unpaired) electrons. The lowest BCUT2D eigenvalue weighted by molar-refractivity contribution is 0.411. The molecule has 0 unspecified atom stereocenters. The van der Waals surface area contributed by atoms with Crippen molar-refractivity contribution in [2.24, 2.45) is 0 Å². The third kappa shape index (κ3) is 2.14. The van der Waals surface area contributed by atoms with Crippen LogP contribution in [0.5, 0.6) is 5.75 Å². The van der Waals surface area contributed by atoms with Crippen molar-refractivity contribution in [1.82, 2.24) is 4.98 Å². The van der Waals surface area contributed by atoms with E-state index in [4.69, 9.17) is 4.74 Å². The van der Waals surface area contributed by atoms with Gasteiger partial charge < -0.3 is 4.74 Å². The number of aromatic nitrogens is 1. The summed E-state index contributed by atoms with van der Waals surface area (Å²) < 4.78 is 4.89. The van der Waals surface area contributed by atoms with E-state index in [9.17, 15) is 0 Å². The molecule has 0 aliphatic rings. The molecule has 0 aliphatic heterocycles. The van der Waals surface area contributed by atoms with Gasteiger partial charge in [-0.3, -0.25) is 4.98 Å². The third-order valence-corrected chi connectivity index (χ3v) is 1.91. The van der Waals surface area contributed by atoms with Gasteiger partial charge in [0.05, 0.1) is 13.3 Å². The van der Waals surface area contributed by atoms with E-state index in [1.165, 1.54) is 0 Å². The van der Waals surface area contributed by atoms with Gasteiger partial charge in [0.1, 0.15) is 5.75 Å². The number of pyridine rings is 1. The zero-order chi connectivity index (χ0) is 9.19. The number of nitrogens with zero attached hydrogens (tertiary/aromatic N) is 1. The van der Waals surface area contributed by atoms with Crippen LogP contribution in [-0.2, 0) is 4.75 Å². The fourth-order valence-electron chi connectivity index (χ4n) is 0.865. The molecule has 66 valence electrons. The average Bonchev–Trinajstić information content (AvgIpc) is 2.03. The van der Waals surface area contributed by atoms with Crippen molar-refractivity contribution in [3.63, 3.8) is 0 Å². The highest BCUT2D eigenvalue weighted by atomic mass is 32.1. The molecule has 3 heteroatoms. The van der Waals surface area contributed by atoms with Crippen LogP contribution in [0.15, 0.2) is 18.5 Å². The van der Waals surface area contributed by atoms with E-state index in [2.05, 4.69) is 17.6 Å². The molecule has 1 rings (SSSR count). The average molecular weight is 183 g/mol. The van der Waals surface area contributed by atoms with E-state index in [-0.39, 0.29) is 4.75 Å². The van der Waals surface area contributed by atoms with E-state index >= 15 is 0 Å². The summed E-state index contributed by atoms with van der Waals surface area (Å²) in [5, 5.41) is 0. The number of thiol groups is 1. The number of methoxy groups -OCH3 is 1. The number of ether oxygens (including phenoxy) is 1. The molecule has 0 fully saturated rings. The van der Waals surface area contributed by atoms with E-state index in [1.54, 1.807) is 19.5 Å². The Hall–Kier alpha value is -0.700. The van der Waals surface area contributed by atoms with Gasteiger partial charge in [-0.05, 0) is 25.5 Å². The second-order valence-corrected chi connectivity index (χ2v) is 4.29. The summed E-state index contributed by atoms with van der Waals surface area (Å²) in [6.45, 7) is 4.04. The van der Waals surface area contributed by atoms with Gasteiger partial charge in [0, 0.05) is 10.9 Å². The fourth-order valence-corrected chi connectivity index (χ4v) is 0.987. The first-order chi connectivity index (χ1) is 5.54. The lowest BCUT2D eigenvalue weighted by Crippen LogP contribution is -2.07. The molecule has 0 spiro atoms. The standard InChI is InChI=1S/C9H13NOS/c1-9(2,12)7-4-8(11-3)6-10-5-7/h4-6,12H,1-3H3. The maximum absolute atomic E-state index is 5.05. The van der Waals surface area contributed by atoms with E-state index in [0.29, 0.717) is 0 Å². The molecule has 0 saturated heterocycles. The maximum Gasteiger partial charge on any atom is 0.137 e. The minimum atomic E-state index is -0.165. The predicted molar refractivity (Wildman–Crippen MR) is 52.8 cm³/mol. The Labute approximate surface area is 78.4 Å². The molecule has 1 heterocycles. The smallest absolute Gasteiger partial charge is 0.137 e. The van der Waals surface area contributed by atoms with Gasteiger partial charge in [0.2, 0.25) is 0 Å². The number of hydrogen-bond donors (Lipinski definition) is 1. The van der Waals surface area contributed by atoms with Crippen LogP contribution in [0, 0.1) is 0 Å². The Balaban J connectivity index is 3.02. The zero-order valence-electron chi connectivity index (χ0n) is 7.53. The summed E-state index contributed by atoms with van der Waals surface area (Å²) in [5.74, 6) is 0.773. The summed E-state index contributed by atoms with van der Waals surface area (Å²) in [5.41, 5.74) is 1.06. The maximum atomic E-state index is 5.05. The van der Waals surface area contributed by atoms with Gasteiger partial charge in [-0.25, -0.2) is 0 Å². The highest BCUT2D eigenvalue weighted by Gasteiger charge is 2.15. The summed E-state index contributed by atoms with van der Waals surface area (Å²) in [4.78, 5) is 4.05. The molecule has 0 amide bonds. The molecule has 0 aromatic carbocycles. The van der Waals surface area contributed by atoms with Gasteiger partial charge in [-0.15, -0.1) is 0 Å². The van der Waals surface area contributed by atoms with Crippen molar-refractivity contribution in [2.75, 3.05) is 7.11 Å². The van der Waals surface area contributed by atoms with Crippen molar-refractivity contribution >= 4 is 12.6 Å². The van der Waals surface area contributed by atoms with Crippen molar-refractivity contribution in [2.45, 2.75) is 18.6 Å². The summed E-state index contributed by atoms with van der Waals surface area (Å²) >= 11 is 4.43. The largest absolute Gasteiger partial charge is 0.495 e. The molecule has 1 aromatic rings. The molecule has 12 heavy (non-hydrogen) atoms. The highest BCUT2D eigenvalue weighted by Crippen LogP contribution is 2.28. The van der Waals surface area contributed by atoms with Gasteiger partial charge in [-0.1, -0.05) is 0 Å². The van der Waals surface area contributed by atoms with Crippen molar-refractivity contribution in [3.8, 4) is 5.75 Å². The summed E-state index contributed by atoms with van der Waals surface area (Å²) in [6.07, 6.45) is 3.48. The van der Waals surface area contributed by atoms with Gasteiger partial charge in [0.25, 0.3) is 0 Å². The third-order valence-electron chi connectivity index (χ3n) is 1.66. The molecule has 1 aromatic heterocycles. The first-order valence-corrected chi connectivity index (χ1v) is 4.20. The Morgan fingerprint density at radius 3 is 2.58 bits per heavy atom. The summed E-state index contributed by atoms with van der Waals surface area (Å²) in [6, 6.07) is 1.94. The zero-order valence-corrected chi connectivity index (χ0v) is 8.43. The quantitative estimate of drug-likeness (QED) is 0.710. The van der Waals surface area contributed by atoms with Crippen LogP contribution in [0.4, 0.5) is 0 Å². The normalized spacial score (nSPS) is 11.3. The fraction of sp³-hybridized carbons (Fsp3) is 0.444. The van der Waals surface area contributed by atoms with Crippen molar-refractivity contribution in [1.29, 1.82) is 0 Å². The highest BCUT2D eigenvalue weighted by molar-refractivity contribution is 7.81. The Morgan fingerprint density at radius 1 is 1.42 bits per heavy atom. The van der Waals surface area contributed by atoms with Crippen LogP contribution in [0.1, 0.15) is 19.4 Å². The summed E-state index contributed by atoms with van der Waals surface area (Å²) in [7, 11) is 1.63. The van der Waals surface area contributed by atoms with Crippen LogP contribution in [-0.4, -0.2) is 12.1 Å². The molecule has 0 atom stereocenters. The van der Waals surface area contributed by atoms with E-state index < -0.39 is 0 Å². The van der Waals surface area contributed by atoms with E-state index in [0.717, 1.165) is 11.3 Å². The molecular formula is C9H13NOS. The van der Waals surface area contributed by atoms with Crippen LogP contribution in [0.2, 0.25) is 0 Å². The Morgan fingerprint density at radius 2 is 2.08 bits per heavy atom. The molecule has 0 N–H and O–H groups in total. The lowest BCUT2D eigenvalue weighted by atomic mass is 10.1. The van der Waals surface area contributed by atoms with Gasteiger partial charge in [0.15, 0.2) is 0 Å². The number of rotatable bonds is 2. The molecular weight excluding hydrogens is 170 g/mol. The Bertz CT molecular complexity index is 267. The minimum absolute atomic E-state index is 0.165. The SMILES string of the molecule is COc1cncc(C(C)(C)S)c1. The van der Waals surface area contributed by atoms with E-state index in [1.807, 2.05) is 19.9 Å². The second-order valence-electron chi connectivity index (χ2n) is 3.17.